The zero-order chi connectivity index (χ0) is 24.8. The summed E-state index contributed by atoms with van der Waals surface area (Å²) in [4.78, 5) is 11.2. The molecule has 1 N–H and O–H groups in total. The first-order valence-corrected chi connectivity index (χ1v) is 11.8. The minimum Gasteiger partial charge on any atom is -0.490 e. The molecule has 0 unspecified atom stereocenters. The van der Waals surface area contributed by atoms with Gasteiger partial charge in [0.1, 0.15) is 6.61 Å². The van der Waals surface area contributed by atoms with E-state index in [2.05, 4.69) is 22.0 Å². The fraction of sp³-hybridized carbons (Fsp3) is 0.103. The van der Waals surface area contributed by atoms with Crippen LogP contribution in [-0.4, -0.2) is 17.7 Å². The number of halogens is 1. The van der Waals surface area contributed by atoms with Crippen LogP contribution in [0.25, 0.3) is 22.4 Å². The van der Waals surface area contributed by atoms with Gasteiger partial charge in [0, 0.05) is 0 Å². The number of carbonyl (C=O) groups is 1. The smallest absolute Gasteiger partial charge is 0.335 e. The van der Waals surface area contributed by atoms with Gasteiger partial charge in [0.25, 0.3) is 0 Å². The van der Waals surface area contributed by atoms with Crippen LogP contribution >= 0.6 is 15.9 Å². The first kappa shape index (κ1) is 24.1. The summed E-state index contributed by atoms with van der Waals surface area (Å²) < 4.78 is 12.5. The maximum Gasteiger partial charge on any atom is 0.335 e. The van der Waals surface area contributed by atoms with Gasteiger partial charge in [-0.05, 0) is 86.7 Å². The van der Waals surface area contributed by atoms with E-state index in [1.165, 1.54) is 6.07 Å². The number of hydrogen-bond donors (Lipinski definition) is 1. The molecule has 0 saturated carbocycles. The number of aromatic carboxylic acids is 1. The molecule has 0 atom stereocenters. The lowest BCUT2D eigenvalue weighted by Gasteiger charge is -2.15. The van der Waals surface area contributed by atoms with Crippen LogP contribution in [0.2, 0.25) is 0 Å². The van der Waals surface area contributed by atoms with E-state index >= 15 is 0 Å². The summed E-state index contributed by atoms with van der Waals surface area (Å²) in [6.07, 6.45) is 1.82. The molecule has 4 aromatic carbocycles. The summed E-state index contributed by atoms with van der Waals surface area (Å²) in [6, 6.07) is 26.6. The molecule has 35 heavy (non-hydrogen) atoms. The van der Waals surface area contributed by atoms with E-state index in [1.807, 2.05) is 67.6 Å². The van der Waals surface area contributed by atoms with E-state index < -0.39 is 5.97 Å². The highest BCUT2D eigenvalue weighted by atomic mass is 79.9. The third-order valence-corrected chi connectivity index (χ3v) is 5.97. The average Bonchev–Trinajstić information content (AvgIpc) is 2.87. The van der Waals surface area contributed by atoms with Gasteiger partial charge in [-0.15, -0.1) is 0 Å². The number of carboxylic acid groups (broad SMARTS) is 1. The summed E-state index contributed by atoms with van der Waals surface area (Å²) in [6.45, 7) is 2.49. The number of allylic oxidation sites excluding steroid dienone is 1. The Morgan fingerprint density at radius 2 is 1.77 bits per heavy atom. The van der Waals surface area contributed by atoms with Crippen molar-refractivity contribution in [1.82, 2.24) is 0 Å². The van der Waals surface area contributed by atoms with Gasteiger partial charge in [-0.2, -0.15) is 5.26 Å². The number of carboxylic acids is 1. The molecule has 0 bridgehead atoms. The second-order valence-electron chi connectivity index (χ2n) is 7.79. The molecule has 0 aliphatic heterocycles. The summed E-state index contributed by atoms with van der Waals surface area (Å²) in [5.74, 6) is 0.0474. The van der Waals surface area contributed by atoms with Crippen LogP contribution in [0.5, 0.6) is 11.5 Å². The van der Waals surface area contributed by atoms with Crippen LogP contribution in [0.1, 0.15) is 34.0 Å². The number of benzene rings is 4. The molecule has 0 heterocycles. The van der Waals surface area contributed by atoms with Crippen LogP contribution < -0.4 is 9.47 Å². The van der Waals surface area contributed by atoms with Crippen molar-refractivity contribution >= 4 is 44.3 Å². The third kappa shape index (κ3) is 5.71. The maximum atomic E-state index is 11.2. The number of ether oxygens (including phenoxy) is 2. The lowest BCUT2D eigenvalue weighted by atomic mass is 10.00. The second kappa shape index (κ2) is 10.9. The lowest BCUT2D eigenvalue weighted by molar-refractivity contribution is 0.0696. The van der Waals surface area contributed by atoms with Gasteiger partial charge in [-0.3, -0.25) is 0 Å². The molecule has 0 spiro atoms. The molecule has 0 radical (unpaired) electrons. The van der Waals surface area contributed by atoms with Crippen LogP contribution in [0.4, 0.5) is 0 Å². The molecule has 0 fully saturated rings. The summed E-state index contributed by atoms with van der Waals surface area (Å²) in [5.41, 5.74) is 3.08. The van der Waals surface area contributed by atoms with Gasteiger partial charge in [0.05, 0.1) is 28.3 Å². The largest absolute Gasteiger partial charge is 0.490 e. The van der Waals surface area contributed by atoms with Crippen molar-refractivity contribution in [3.05, 3.63) is 106 Å². The zero-order valence-corrected chi connectivity index (χ0v) is 20.6. The van der Waals surface area contributed by atoms with Gasteiger partial charge >= 0.3 is 5.97 Å². The van der Waals surface area contributed by atoms with Gasteiger partial charge in [0.15, 0.2) is 11.5 Å². The highest BCUT2D eigenvalue weighted by Gasteiger charge is 2.14. The molecule has 0 amide bonds. The Morgan fingerprint density at radius 1 is 0.971 bits per heavy atom. The Morgan fingerprint density at radius 3 is 2.51 bits per heavy atom. The number of nitriles is 1. The Balaban J connectivity index is 1.64. The molecular weight excluding hydrogens is 506 g/mol. The predicted molar refractivity (Wildman–Crippen MR) is 140 cm³/mol. The van der Waals surface area contributed by atoms with Crippen molar-refractivity contribution in [3.8, 4) is 17.6 Å². The molecular formula is C29H22BrNO4. The number of rotatable bonds is 8. The van der Waals surface area contributed by atoms with Gasteiger partial charge in [-0.25, -0.2) is 4.79 Å². The van der Waals surface area contributed by atoms with E-state index in [1.54, 1.807) is 18.2 Å². The highest BCUT2D eigenvalue weighted by molar-refractivity contribution is 9.10. The summed E-state index contributed by atoms with van der Waals surface area (Å²) >= 11 is 3.57. The van der Waals surface area contributed by atoms with Crippen molar-refractivity contribution < 1.29 is 19.4 Å². The van der Waals surface area contributed by atoms with E-state index in [0.717, 1.165) is 27.5 Å². The van der Waals surface area contributed by atoms with Crippen molar-refractivity contribution in [2.45, 2.75) is 13.5 Å². The topological polar surface area (TPSA) is 79.5 Å². The minimum absolute atomic E-state index is 0.176. The number of nitrogens with zero attached hydrogens (tertiary/aromatic N) is 1. The molecule has 4 aromatic rings. The molecule has 0 aromatic heterocycles. The van der Waals surface area contributed by atoms with Crippen molar-refractivity contribution in [2.75, 3.05) is 6.61 Å². The van der Waals surface area contributed by atoms with Crippen LogP contribution in [-0.2, 0) is 6.61 Å². The van der Waals surface area contributed by atoms with E-state index in [0.29, 0.717) is 28.2 Å². The third-order valence-electron chi connectivity index (χ3n) is 5.38. The molecule has 4 rings (SSSR count). The minimum atomic E-state index is -0.987. The highest BCUT2D eigenvalue weighted by Crippen LogP contribution is 2.38. The SMILES string of the molecule is CCOc1cc(/C=C(/C#N)c2ccc3ccccc3c2)cc(Br)c1OCc1cccc(C(=O)O)c1. The first-order chi connectivity index (χ1) is 17.0. The van der Waals surface area contributed by atoms with Crippen LogP contribution in [0.3, 0.4) is 0 Å². The number of fused-ring (bicyclic) bond motifs is 1. The molecule has 0 aliphatic rings. The first-order valence-electron chi connectivity index (χ1n) is 11.0. The van der Waals surface area contributed by atoms with Crippen LogP contribution in [0.15, 0.2) is 83.3 Å². The lowest BCUT2D eigenvalue weighted by Crippen LogP contribution is -2.03. The summed E-state index contributed by atoms with van der Waals surface area (Å²) in [7, 11) is 0. The molecule has 0 saturated heterocycles. The van der Waals surface area contributed by atoms with Gasteiger partial charge in [-0.1, -0.05) is 48.5 Å². The van der Waals surface area contributed by atoms with Crippen LogP contribution in [0, 0.1) is 11.3 Å². The molecule has 0 aliphatic carbocycles. The molecule has 5 nitrogen and oxygen atoms in total. The van der Waals surface area contributed by atoms with E-state index in [-0.39, 0.29) is 12.2 Å². The standard InChI is InChI=1S/C29H22BrNO4/c1-2-34-27-15-20(13-25(17-31)23-11-10-21-7-3-4-8-22(21)16-23)14-26(30)28(27)35-18-19-6-5-9-24(12-19)29(32)33/h3-16H,2,18H2,1H3,(H,32,33)/b25-13-. The normalized spacial score (nSPS) is 11.2. The average molecular weight is 528 g/mol. The Kier molecular flexibility index (Phi) is 7.49. The molecule has 6 heteroatoms. The van der Waals surface area contributed by atoms with Crippen molar-refractivity contribution in [1.29, 1.82) is 5.26 Å². The van der Waals surface area contributed by atoms with E-state index in [9.17, 15) is 15.2 Å². The van der Waals surface area contributed by atoms with Crippen molar-refractivity contribution in [3.63, 3.8) is 0 Å². The maximum absolute atomic E-state index is 11.2. The summed E-state index contributed by atoms with van der Waals surface area (Å²) in [5, 5.41) is 21.3. The van der Waals surface area contributed by atoms with Gasteiger partial charge < -0.3 is 14.6 Å². The quantitative estimate of drug-likeness (QED) is 0.191. The fourth-order valence-electron chi connectivity index (χ4n) is 3.73. The zero-order valence-electron chi connectivity index (χ0n) is 19.0. The Labute approximate surface area is 212 Å². The molecule has 174 valence electrons. The number of hydrogen-bond acceptors (Lipinski definition) is 4. The fourth-order valence-corrected chi connectivity index (χ4v) is 4.30. The Hall–Kier alpha value is -4.08. The van der Waals surface area contributed by atoms with Crippen molar-refractivity contribution in [2.24, 2.45) is 0 Å². The Bertz CT molecular complexity index is 1470. The van der Waals surface area contributed by atoms with Gasteiger partial charge in [0.2, 0.25) is 0 Å². The second-order valence-corrected chi connectivity index (χ2v) is 8.64. The monoisotopic (exact) mass is 527 g/mol. The predicted octanol–water partition coefficient (Wildman–Crippen LogP) is 7.34. The van der Waals surface area contributed by atoms with E-state index in [4.69, 9.17) is 9.47 Å².